The van der Waals surface area contributed by atoms with Crippen LogP contribution in [0.15, 0.2) is 59.4 Å². The van der Waals surface area contributed by atoms with Crippen LogP contribution < -0.4 is 10.9 Å². The summed E-state index contributed by atoms with van der Waals surface area (Å²) in [4.78, 5) is 29.1. The fraction of sp³-hybridized carbons (Fsp3) is 0.231. The van der Waals surface area contributed by atoms with Gasteiger partial charge >= 0.3 is 0 Å². The fourth-order valence-electron chi connectivity index (χ4n) is 4.23. The van der Waals surface area contributed by atoms with Crippen LogP contribution in [-0.2, 0) is 0 Å². The van der Waals surface area contributed by atoms with Gasteiger partial charge in [-0.25, -0.2) is 4.39 Å². The number of carbonyl (C=O) groups excluding carboxylic acids is 1. The number of fused-ring (bicyclic) bond motifs is 1. The van der Waals surface area contributed by atoms with Gasteiger partial charge in [0.05, 0.1) is 17.5 Å². The number of β-amino-alcohol motifs (C(OH)–C–C–N with tert-alkyl or cyclic N) is 1. The van der Waals surface area contributed by atoms with Gasteiger partial charge in [0.25, 0.3) is 11.5 Å². The first-order chi connectivity index (χ1) is 16.3. The molecule has 0 bridgehead atoms. The summed E-state index contributed by atoms with van der Waals surface area (Å²) < 4.78 is 15.5. The van der Waals surface area contributed by atoms with E-state index in [9.17, 15) is 19.1 Å². The Morgan fingerprint density at radius 3 is 2.56 bits per heavy atom. The summed E-state index contributed by atoms with van der Waals surface area (Å²) in [6.45, 7) is 4.40. The molecule has 2 aromatic heterocycles. The van der Waals surface area contributed by atoms with E-state index in [0.29, 0.717) is 45.3 Å². The largest absolute Gasteiger partial charge is 0.391 e. The lowest BCUT2D eigenvalue weighted by molar-refractivity contribution is 0.0770. The van der Waals surface area contributed by atoms with Crippen molar-refractivity contribution in [1.29, 1.82) is 0 Å². The van der Waals surface area contributed by atoms with Crippen molar-refractivity contribution in [3.8, 4) is 5.69 Å². The molecule has 0 aliphatic carbocycles. The van der Waals surface area contributed by atoms with Crippen molar-refractivity contribution in [2.24, 2.45) is 0 Å². The SMILES string of the molecule is Cc1ccc(-n2c(=O)ccc3c(Nc4ccc(F)c(C)c4)c(C(=O)N4CC[C@H](O)C4)sc32)cc1. The van der Waals surface area contributed by atoms with Crippen LogP contribution in [0.25, 0.3) is 15.9 Å². The summed E-state index contributed by atoms with van der Waals surface area (Å²) in [6, 6.07) is 15.5. The van der Waals surface area contributed by atoms with Crippen molar-refractivity contribution in [1.82, 2.24) is 9.47 Å². The number of anilines is 2. The number of hydrogen-bond donors (Lipinski definition) is 2. The second-order valence-electron chi connectivity index (χ2n) is 8.65. The Morgan fingerprint density at radius 1 is 1.12 bits per heavy atom. The molecule has 1 fully saturated rings. The molecule has 1 aliphatic rings. The first-order valence-corrected chi connectivity index (χ1v) is 11.9. The Bertz CT molecular complexity index is 1460. The highest BCUT2D eigenvalue weighted by Gasteiger charge is 2.30. The average molecular weight is 478 g/mol. The number of rotatable bonds is 4. The molecule has 8 heteroatoms. The molecule has 1 aliphatic heterocycles. The summed E-state index contributed by atoms with van der Waals surface area (Å²) in [6.07, 6.45) is -0.00909. The molecule has 0 unspecified atom stereocenters. The quantitative estimate of drug-likeness (QED) is 0.445. The smallest absolute Gasteiger partial charge is 0.266 e. The highest BCUT2D eigenvalue weighted by molar-refractivity contribution is 7.21. The summed E-state index contributed by atoms with van der Waals surface area (Å²) in [5.74, 6) is -0.515. The number of carbonyl (C=O) groups is 1. The van der Waals surface area contributed by atoms with Crippen molar-refractivity contribution in [3.05, 3.63) is 86.8 Å². The molecule has 1 amide bonds. The Labute approximate surface area is 199 Å². The number of aliphatic hydroxyl groups is 1. The zero-order chi connectivity index (χ0) is 24.0. The van der Waals surface area contributed by atoms with Crippen molar-refractivity contribution in [3.63, 3.8) is 0 Å². The molecule has 0 saturated carbocycles. The van der Waals surface area contributed by atoms with E-state index in [0.717, 1.165) is 10.9 Å². The number of amides is 1. The minimum absolute atomic E-state index is 0.197. The van der Waals surface area contributed by atoms with Gasteiger partial charge < -0.3 is 15.3 Å². The molecule has 34 heavy (non-hydrogen) atoms. The molecule has 1 saturated heterocycles. The van der Waals surface area contributed by atoms with Gasteiger partial charge in [-0.05, 0) is 62.2 Å². The van der Waals surface area contributed by atoms with Crippen LogP contribution in [0.2, 0.25) is 0 Å². The van der Waals surface area contributed by atoms with E-state index < -0.39 is 6.10 Å². The topological polar surface area (TPSA) is 74.6 Å². The minimum atomic E-state index is -0.541. The van der Waals surface area contributed by atoms with Crippen molar-refractivity contribution in [2.45, 2.75) is 26.4 Å². The highest BCUT2D eigenvalue weighted by Crippen LogP contribution is 2.39. The lowest BCUT2D eigenvalue weighted by Gasteiger charge is -2.16. The summed E-state index contributed by atoms with van der Waals surface area (Å²) >= 11 is 1.24. The van der Waals surface area contributed by atoms with Crippen LogP contribution in [0.1, 0.15) is 27.2 Å². The maximum absolute atomic E-state index is 13.8. The molecule has 0 radical (unpaired) electrons. The molecule has 2 N–H and O–H groups in total. The van der Waals surface area contributed by atoms with E-state index in [-0.39, 0.29) is 23.8 Å². The van der Waals surface area contributed by atoms with Gasteiger partial charge in [-0.1, -0.05) is 17.7 Å². The van der Waals surface area contributed by atoms with Crippen LogP contribution in [-0.4, -0.2) is 39.7 Å². The molecule has 4 aromatic rings. The van der Waals surface area contributed by atoms with E-state index in [2.05, 4.69) is 5.32 Å². The maximum atomic E-state index is 13.8. The monoisotopic (exact) mass is 477 g/mol. The number of aromatic nitrogens is 1. The van der Waals surface area contributed by atoms with E-state index in [1.807, 2.05) is 31.2 Å². The Kier molecular flexibility index (Phi) is 5.71. The molecule has 3 heterocycles. The predicted octanol–water partition coefficient (Wildman–Crippen LogP) is 4.76. The van der Waals surface area contributed by atoms with Gasteiger partial charge in [0.15, 0.2) is 0 Å². The molecule has 174 valence electrons. The van der Waals surface area contributed by atoms with Crippen molar-refractivity contribution in [2.75, 3.05) is 18.4 Å². The number of likely N-dealkylation sites (tertiary alicyclic amines) is 1. The number of aryl methyl sites for hydroxylation is 2. The Balaban J connectivity index is 1.70. The first kappa shape index (κ1) is 22.3. The lowest BCUT2D eigenvalue weighted by Crippen LogP contribution is -2.29. The number of hydrogen-bond acceptors (Lipinski definition) is 5. The second kappa shape index (κ2) is 8.70. The van der Waals surface area contributed by atoms with E-state index >= 15 is 0 Å². The van der Waals surface area contributed by atoms with E-state index in [1.54, 1.807) is 34.6 Å². The third-order valence-corrected chi connectivity index (χ3v) is 7.28. The van der Waals surface area contributed by atoms with Crippen molar-refractivity contribution < 1.29 is 14.3 Å². The van der Waals surface area contributed by atoms with Gasteiger partial charge in [-0.15, -0.1) is 11.3 Å². The number of aliphatic hydroxyl groups excluding tert-OH is 1. The zero-order valence-corrected chi connectivity index (χ0v) is 19.7. The normalized spacial score (nSPS) is 15.8. The molecule has 1 atom stereocenters. The van der Waals surface area contributed by atoms with E-state index in [1.165, 1.54) is 23.5 Å². The number of benzene rings is 2. The zero-order valence-electron chi connectivity index (χ0n) is 18.8. The number of thiophene rings is 1. The maximum Gasteiger partial charge on any atom is 0.266 e. The number of nitrogens with zero attached hydrogens (tertiary/aromatic N) is 2. The standard InChI is InChI=1S/C26H24FN3O3S/c1-15-3-6-18(7-4-15)30-22(32)10-8-20-23(28-17-5-9-21(27)16(2)13-17)24(34-26(20)30)25(33)29-12-11-19(31)14-29/h3-10,13,19,28,31H,11-12,14H2,1-2H3/t19-/m0/s1. The molecular formula is C26H24FN3O3S. The Morgan fingerprint density at radius 2 is 1.88 bits per heavy atom. The number of nitrogens with one attached hydrogen (secondary N) is 1. The van der Waals surface area contributed by atoms with Crippen LogP contribution in [0.3, 0.4) is 0 Å². The van der Waals surface area contributed by atoms with Gasteiger partial charge in [0.1, 0.15) is 15.5 Å². The van der Waals surface area contributed by atoms with Crippen LogP contribution in [0, 0.1) is 19.7 Å². The summed E-state index contributed by atoms with van der Waals surface area (Å²) in [5.41, 5.74) is 3.28. The van der Waals surface area contributed by atoms with E-state index in [4.69, 9.17) is 0 Å². The van der Waals surface area contributed by atoms with Gasteiger partial charge in [-0.2, -0.15) is 0 Å². The van der Waals surface area contributed by atoms with Gasteiger partial charge in [0, 0.05) is 30.2 Å². The average Bonchev–Trinajstić information content (AvgIpc) is 3.40. The Hall–Kier alpha value is -3.49. The molecule has 5 rings (SSSR count). The molecular weight excluding hydrogens is 453 g/mol. The summed E-state index contributed by atoms with van der Waals surface area (Å²) in [7, 11) is 0. The predicted molar refractivity (Wildman–Crippen MR) is 133 cm³/mol. The van der Waals surface area contributed by atoms with Crippen LogP contribution >= 0.6 is 11.3 Å². The fourth-order valence-corrected chi connectivity index (χ4v) is 5.47. The third-order valence-electron chi connectivity index (χ3n) is 6.11. The first-order valence-electron chi connectivity index (χ1n) is 11.1. The number of pyridine rings is 1. The highest BCUT2D eigenvalue weighted by atomic mass is 32.1. The minimum Gasteiger partial charge on any atom is -0.391 e. The molecule has 6 nitrogen and oxygen atoms in total. The van der Waals surface area contributed by atoms with Crippen LogP contribution in [0.4, 0.5) is 15.8 Å². The second-order valence-corrected chi connectivity index (χ2v) is 9.65. The molecule has 2 aromatic carbocycles. The van der Waals surface area contributed by atoms with Crippen LogP contribution in [0.5, 0.6) is 0 Å². The number of halogens is 1. The van der Waals surface area contributed by atoms with Gasteiger partial charge in [0.2, 0.25) is 0 Å². The van der Waals surface area contributed by atoms with Gasteiger partial charge in [-0.3, -0.25) is 14.2 Å². The molecule has 0 spiro atoms. The lowest BCUT2D eigenvalue weighted by atomic mass is 10.2. The summed E-state index contributed by atoms with van der Waals surface area (Å²) in [5, 5.41) is 14.0. The van der Waals surface area contributed by atoms with Crippen molar-refractivity contribution >= 4 is 38.8 Å². The third kappa shape index (κ3) is 3.99.